The Bertz CT molecular complexity index is 1230. The zero-order valence-corrected chi connectivity index (χ0v) is 23.3. The Morgan fingerprint density at radius 2 is 1.43 bits per heavy atom. The van der Waals surface area contributed by atoms with Crippen LogP contribution in [0.4, 0.5) is 5.69 Å². The number of nitrogens with zero attached hydrogens (tertiary/aromatic N) is 1. The first-order valence-corrected chi connectivity index (χ1v) is 15.9. The summed E-state index contributed by atoms with van der Waals surface area (Å²) in [4.78, 5) is 13.0. The molecule has 0 unspecified atom stereocenters. The number of rotatable bonds is 6. The third kappa shape index (κ3) is 5.07. The Hall–Kier alpha value is -1.60. The number of amides is 1. The number of sulfonamides is 1. The lowest BCUT2D eigenvalue weighted by Gasteiger charge is -2.57. The molecule has 0 radical (unpaired) electrons. The van der Waals surface area contributed by atoms with E-state index in [1.165, 1.54) is 48.4 Å². The fourth-order valence-electron chi connectivity index (χ4n) is 7.96. The number of carbonyl (C=O) groups is 1. The number of hydrogen-bond acceptors (Lipinski definition) is 3. The van der Waals surface area contributed by atoms with Crippen molar-refractivity contribution in [1.82, 2.24) is 4.31 Å². The molecule has 4 bridgehead atoms. The van der Waals surface area contributed by atoms with Gasteiger partial charge in [0.05, 0.1) is 5.75 Å². The van der Waals surface area contributed by atoms with Crippen molar-refractivity contribution in [2.75, 3.05) is 18.4 Å². The standard InChI is InChI=1S/C29H34Cl2N2O3S/c30-26-2-1-3-27(31)25(26)18-37(35,36)33-10-8-22(9-11-33)28(34)32-24-6-4-23(5-7-24)29-15-19-12-20(16-29)14-21(13-19)17-29/h1-7,19-22H,8-18H2,(H,32,34). The number of carbonyl (C=O) groups excluding carboxylic acids is 1. The highest BCUT2D eigenvalue weighted by Gasteiger charge is 2.51. The van der Waals surface area contributed by atoms with Crippen LogP contribution in [0.1, 0.15) is 62.5 Å². The molecule has 0 aromatic heterocycles. The second-order valence-corrected chi connectivity index (χ2v) is 14.7. The molecule has 1 N–H and O–H groups in total. The van der Waals surface area contributed by atoms with Gasteiger partial charge in [0.1, 0.15) is 0 Å². The molecule has 2 aromatic rings. The first-order valence-electron chi connectivity index (χ1n) is 13.5. The van der Waals surface area contributed by atoms with Crippen molar-refractivity contribution >= 4 is 44.8 Å². The zero-order chi connectivity index (χ0) is 25.8. The maximum absolute atomic E-state index is 13.0. The van der Waals surface area contributed by atoms with Crippen molar-refractivity contribution in [2.45, 2.75) is 62.5 Å². The molecule has 1 amide bonds. The van der Waals surface area contributed by atoms with Crippen LogP contribution in [-0.4, -0.2) is 31.7 Å². The molecular formula is C29H34Cl2N2O3S. The summed E-state index contributed by atoms with van der Waals surface area (Å²) in [6.45, 7) is 0.626. The van der Waals surface area contributed by atoms with Crippen LogP contribution in [0.25, 0.3) is 0 Å². The van der Waals surface area contributed by atoms with E-state index in [0.29, 0.717) is 47.0 Å². The lowest BCUT2D eigenvalue weighted by Crippen LogP contribution is -2.48. The average Bonchev–Trinajstić information content (AvgIpc) is 2.86. The van der Waals surface area contributed by atoms with Gasteiger partial charge in [0.2, 0.25) is 15.9 Å². The largest absolute Gasteiger partial charge is 0.326 e. The van der Waals surface area contributed by atoms with Gasteiger partial charge < -0.3 is 5.32 Å². The first-order chi connectivity index (χ1) is 17.7. The van der Waals surface area contributed by atoms with Crippen LogP contribution >= 0.6 is 23.2 Å². The smallest absolute Gasteiger partial charge is 0.227 e. The van der Waals surface area contributed by atoms with Crippen LogP contribution < -0.4 is 5.32 Å². The molecule has 8 heteroatoms. The number of nitrogens with one attached hydrogen (secondary N) is 1. The van der Waals surface area contributed by atoms with Crippen molar-refractivity contribution in [3.05, 3.63) is 63.6 Å². The van der Waals surface area contributed by atoms with E-state index in [4.69, 9.17) is 23.2 Å². The van der Waals surface area contributed by atoms with Gasteiger partial charge in [0, 0.05) is 40.3 Å². The molecule has 0 atom stereocenters. The quantitative estimate of drug-likeness (QED) is 0.430. The SMILES string of the molecule is O=C(Nc1ccc(C23CC4CC(CC(C4)C2)C3)cc1)C1CCN(S(=O)(=O)Cc2c(Cl)cccc2Cl)CC1. The Balaban J connectivity index is 1.05. The minimum atomic E-state index is -3.58. The Morgan fingerprint density at radius 1 is 0.892 bits per heavy atom. The molecular weight excluding hydrogens is 527 g/mol. The van der Waals surface area contributed by atoms with E-state index in [2.05, 4.69) is 29.6 Å². The number of halogens is 2. The molecule has 1 saturated heterocycles. The highest BCUT2D eigenvalue weighted by Crippen LogP contribution is 2.60. The van der Waals surface area contributed by atoms with Gasteiger partial charge in [0.15, 0.2) is 0 Å². The van der Waals surface area contributed by atoms with Gasteiger partial charge >= 0.3 is 0 Å². The van der Waals surface area contributed by atoms with Crippen molar-refractivity contribution in [1.29, 1.82) is 0 Å². The van der Waals surface area contributed by atoms with Crippen molar-refractivity contribution < 1.29 is 13.2 Å². The summed E-state index contributed by atoms with van der Waals surface area (Å²) in [5.74, 6) is 2.23. The summed E-state index contributed by atoms with van der Waals surface area (Å²) < 4.78 is 27.4. The van der Waals surface area contributed by atoms with Crippen molar-refractivity contribution in [3.8, 4) is 0 Å². The van der Waals surface area contributed by atoms with E-state index >= 15 is 0 Å². The Morgan fingerprint density at radius 3 is 1.97 bits per heavy atom. The predicted octanol–water partition coefficient (Wildman–Crippen LogP) is 6.64. The summed E-state index contributed by atoms with van der Waals surface area (Å²) in [6.07, 6.45) is 9.27. The normalized spacial score (nSPS) is 29.9. The average molecular weight is 562 g/mol. The van der Waals surface area contributed by atoms with Gasteiger partial charge in [-0.05, 0) is 104 Å². The molecule has 5 nitrogen and oxygen atoms in total. The van der Waals surface area contributed by atoms with Gasteiger partial charge in [-0.25, -0.2) is 12.7 Å². The van der Waals surface area contributed by atoms with Crippen LogP contribution in [0.15, 0.2) is 42.5 Å². The molecule has 198 valence electrons. The molecule has 2 aromatic carbocycles. The number of piperidine rings is 1. The van der Waals surface area contributed by atoms with E-state index in [1.807, 2.05) is 0 Å². The summed E-state index contributed by atoms with van der Waals surface area (Å²) in [6, 6.07) is 13.6. The monoisotopic (exact) mass is 560 g/mol. The fraction of sp³-hybridized carbons (Fsp3) is 0.552. The lowest BCUT2D eigenvalue weighted by atomic mass is 9.48. The van der Waals surface area contributed by atoms with Crippen LogP contribution in [0.3, 0.4) is 0 Å². The maximum atomic E-state index is 13.0. The topological polar surface area (TPSA) is 66.5 Å². The number of benzene rings is 2. The van der Waals surface area contributed by atoms with Gasteiger partial charge in [0.25, 0.3) is 0 Å². The number of anilines is 1. The van der Waals surface area contributed by atoms with Gasteiger partial charge in [-0.15, -0.1) is 0 Å². The minimum Gasteiger partial charge on any atom is -0.326 e. The van der Waals surface area contributed by atoms with E-state index < -0.39 is 10.0 Å². The van der Waals surface area contributed by atoms with E-state index in [9.17, 15) is 13.2 Å². The summed E-state index contributed by atoms with van der Waals surface area (Å²) in [5.41, 5.74) is 3.04. The van der Waals surface area contributed by atoms with Crippen LogP contribution in [0.2, 0.25) is 10.0 Å². The first kappa shape index (κ1) is 25.7. The van der Waals surface area contributed by atoms with Crippen molar-refractivity contribution in [2.24, 2.45) is 23.7 Å². The molecule has 1 aliphatic heterocycles. The second-order valence-electron chi connectivity index (χ2n) is 11.9. The molecule has 7 rings (SSSR count). The van der Waals surface area contributed by atoms with E-state index in [1.54, 1.807) is 18.2 Å². The molecule has 37 heavy (non-hydrogen) atoms. The molecule has 1 heterocycles. The molecule has 0 spiro atoms. The third-order valence-electron chi connectivity index (χ3n) is 9.41. The number of hydrogen-bond donors (Lipinski definition) is 1. The van der Waals surface area contributed by atoms with Gasteiger partial charge in [-0.2, -0.15) is 0 Å². The minimum absolute atomic E-state index is 0.0336. The molecule has 5 fully saturated rings. The highest BCUT2D eigenvalue weighted by molar-refractivity contribution is 7.88. The van der Waals surface area contributed by atoms with E-state index in [-0.39, 0.29) is 17.6 Å². The molecule has 4 saturated carbocycles. The Kier molecular flexibility index (Phi) is 6.84. The third-order valence-corrected chi connectivity index (χ3v) is 11.9. The second kappa shape index (κ2) is 9.86. The van der Waals surface area contributed by atoms with Crippen LogP contribution in [0.5, 0.6) is 0 Å². The van der Waals surface area contributed by atoms with E-state index in [0.717, 1.165) is 23.4 Å². The van der Waals surface area contributed by atoms with Gasteiger partial charge in [-0.1, -0.05) is 41.4 Å². The van der Waals surface area contributed by atoms with Crippen LogP contribution in [-0.2, 0) is 26.0 Å². The van der Waals surface area contributed by atoms with Crippen molar-refractivity contribution in [3.63, 3.8) is 0 Å². The zero-order valence-electron chi connectivity index (χ0n) is 21.0. The van der Waals surface area contributed by atoms with Crippen LogP contribution in [0, 0.1) is 23.7 Å². The lowest BCUT2D eigenvalue weighted by molar-refractivity contribution is -0.120. The Labute approximate surface area is 230 Å². The summed E-state index contributed by atoms with van der Waals surface area (Å²) in [5, 5.41) is 3.77. The maximum Gasteiger partial charge on any atom is 0.227 e. The highest BCUT2D eigenvalue weighted by atomic mass is 35.5. The fourth-order valence-corrected chi connectivity index (χ4v) is 10.3. The summed E-state index contributed by atoms with van der Waals surface area (Å²) in [7, 11) is -3.58. The predicted molar refractivity (Wildman–Crippen MR) is 148 cm³/mol. The molecule has 4 aliphatic carbocycles. The molecule has 5 aliphatic rings. The van der Waals surface area contributed by atoms with Gasteiger partial charge in [-0.3, -0.25) is 4.79 Å². The summed E-state index contributed by atoms with van der Waals surface area (Å²) >= 11 is 12.4.